The summed E-state index contributed by atoms with van der Waals surface area (Å²) in [7, 11) is 0. The molecule has 1 unspecified atom stereocenters. The van der Waals surface area contributed by atoms with Crippen molar-refractivity contribution < 1.29 is 22.8 Å². The average molecular weight is 597 g/mol. The van der Waals surface area contributed by atoms with E-state index in [-0.39, 0.29) is 23.8 Å². The number of nitrogens with zero attached hydrogens (tertiary/aromatic N) is 6. The largest absolute Gasteiger partial charge is 0.299 e. The summed E-state index contributed by atoms with van der Waals surface area (Å²) >= 11 is 1.04. The lowest BCUT2D eigenvalue weighted by atomic mass is 9.94. The van der Waals surface area contributed by atoms with Gasteiger partial charge in [0, 0.05) is 36.4 Å². The highest BCUT2D eigenvalue weighted by atomic mass is 32.2. The van der Waals surface area contributed by atoms with Crippen LogP contribution in [0.1, 0.15) is 49.8 Å². The van der Waals surface area contributed by atoms with Crippen LogP contribution >= 0.6 is 11.9 Å². The van der Waals surface area contributed by atoms with E-state index in [9.17, 15) is 27.7 Å². The standard InChI is InChI=1S/C18H14F3N3O2S.C11H13N3O/c19-11-4-3-5-12(8-11)23(22-26)16-14-6-1-2-7-15(14)24(17(16)25)27-13-9-18(20,21)10-13;1-2-3-6-14(9-15)11-5-4-10(7-12)8-13-11/h1-8,13,16H,9-10H2;4-5,8-9H,2-3,6H2,1H3. The molecule has 5 rings (SSSR count). The molecular weight excluding hydrogens is 569 g/mol. The Morgan fingerprint density at radius 1 is 1.19 bits per heavy atom. The quantitative estimate of drug-likeness (QED) is 0.113. The maximum Gasteiger partial charge on any atom is 0.266 e. The second-order valence-electron chi connectivity index (χ2n) is 9.66. The van der Waals surface area contributed by atoms with Gasteiger partial charge in [0.1, 0.15) is 17.7 Å². The summed E-state index contributed by atoms with van der Waals surface area (Å²) in [6.07, 6.45) is 3.62. The molecule has 0 saturated heterocycles. The van der Waals surface area contributed by atoms with E-state index >= 15 is 0 Å². The first-order valence-electron chi connectivity index (χ1n) is 13.1. The molecule has 1 aliphatic carbocycles. The zero-order valence-electron chi connectivity index (χ0n) is 22.6. The molecule has 1 aliphatic heterocycles. The van der Waals surface area contributed by atoms with Crippen LogP contribution < -0.4 is 14.2 Å². The Morgan fingerprint density at radius 2 is 1.95 bits per heavy atom. The predicted molar refractivity (Wildman–Crippen MR) is 154 cm³/mol. The third kappa shape index (κ3) is 6.88. The van der Waals surface area contributed by atoms with Gasteiger partial charge in [0.2, 0.25) is 12.3 Å². The Labute approximate surface area is 245 Å². The average Bonchev–Trinajstić information content (AvgIpc) is 3.24. The van der Waals surface area contributed by atoms with Crippen LogP contribution in [0.25, 0.3) is 0 Å². The Balaban J connectivity index is 0.000000230. The molecule has 1 atom stereocenters. The number of fused-ring (bicyclic) bond motifs is 1. The Morgan fingerprint density at radius 3 is 2.55 bits per heavy atom. The zero-order chi connectivity index (χ0) is 30.3. The second kappa shape index (κ2) is 13.5. The number of rotatable bonds is 10. The molecule has 9 nitrogen and oxygen atoms in total. The number of hydrogen-bond donors (Lipinski definition) is 0. The SMILES string of the molecule is CCCCN(C=O)c1ccc(C#N)cn1.O=NN(c1cccc(F)c1)C1C(=O)N(SC2CC(F)(F)C2)c2ccccc21. The molecule has 1 aromatic heterocycles. The summed E-state index contributed by atoms with van der Waals surface area (Å²) < 4.78 is 41.2. The molecule has 0 bridgehead atoms. The van der Waals surface area contributed by atoms with E-state index in [4.69, 9.17) is 5.26 Å². The van der Waals surface area contributed by atoms with Crippen LogP contribution in [-0.4, -0.2) is 35.0 Å². The van der Waals surface area contributed by atoms with Gasteiger partial charge in [-0.1, -0.05) is 37.6 Å². The van der Waals surface area contributed by atoms with Gasteiger partial charge in [0.25, 0.3) is 5.91 Å². The maximum absolute atomic E-state index is 13.6. The highest BCUT2D eigenvalue weighted by Crippen LogP contribution is 2.50. The number of carbonyl (C=O) groups is 2. The summed E-state index contributed by atoms with van der Waals surface area (Å²) in [5, 5.41) is 12.1. The predicted octanol–water partition coefficient (Wildman–Crippen LogP) is 6.56. The van der Waals surface area contributed by atoms with Gasteiger partial charge in [0.15, 0.2) is 6.04 Å². The van der Waals surface area contributed by atoms with Crippen molar-refractivity contribution in [1.82, 2.24) is 4.98 Å². The third-order valence-corrected chi connectivity index (χ3v) is 7.87. The van der Waals surface area contributed by atoms with Gasteiger partial charge in [-0.05, 0) is 54.8 Å². The Kier molecular flexibility index (Phi) is 9.80. The Hall–Kier alpha value is -4.44. The van der Waals surface area contributed by atoms with Gasteiger partial charge in [-0.3, -0.25) is 18.8 Å². The molecule has 2 heterocycles. The minimum Gasteiger partial charge on any atom is -0.299 e. The summed E-state index contributed by atoms with van der Waals surface area (Å²) in [5.41, 5.74) is 1.68. The van der Waals surface area contributed by atoms with Gasteiger partial charge in [0.05, 0.1) is 22.2 Å². The van der Waals surface area contributed by atoms with Gasteiger partial charge in [-0.25, -0.2) is 23.2 Å². The minimum atomic E-state index is -2.70. The fourth-order valence-corrected chi connectivity index (χ4v) is 5.89. The molecule has 2 aromatic carbocycles. The highest BCUT2D eigenvalue weighted by molar-refractivity contribution is 8.02. The minimum absolute atomic E-state index is 0.139. The molecule has 1 saturated carbocycles. The van der Waals surface area contributed by atoms with Crippen LogP contribution in [-0.2, 0) is 9.59 Å². The van der Waals surface area contributed by atoms with Crippen LogP contribution in [0.4, 0.5) is 30.4 Å². The summed E-state index contributed by atoms with van der Waals surface area (Å²) in [5.74, 6) is -3.14. The topological polar surface area (TPSA) is 110 Å². The molecule has 1 fully saturated rings. The first-order chi connectivity index (χ1) is 20.2. The zero-order valence-corrected chi connectivity index (χ0v) is 23.4. The van der Waals surface area contributed by atoms with Crippen molar-refractivity contribution in [3.05, 3.63) is 88.7 Å². The molecule has 2 amide bonds. The molecule has 0 N–H and O–H groups in total. The summed E-state index contributed by atoms with van der Waals surface area (Å²) in [4.78, 5) is 40.9. The number of nitroso groups, excluding NO2 is 1. The molecule has 218 valence electrons. The number of benzene rings is 2. The van der Waals surface area contributed by atoms with Crippen molar-refractivity contribution >= 4 is 41.5 Å². The molecule has 0 radical (unpaired) electrons. The van der Waals surface area contributed by atoms with Crippen molar-refractivity contribution in [1.29, 1.82) is 5.26 Å². The van der Waals surface area contributed by atoms with Crippen molar-refractivity contribution in [2.45, 2.75) is 49.8 Å². The van der Waals surface area contributed by atoms with E-state index in [1.807, 2.05) is 6.07 Å². The first kappa shape index (κ1) is 30.5. The Bertz CT molecular complexity index is 1460. The number of anilines is 3. The van der Waals surface area contributed by atoms with Crippen LogP contribution in [0.15, 0.2) is 72.1 Å². The number of alkyl halides is 2. The number of hydrogen-bond acceptors (Lipinski definition) is 7. The second-order valence-corrected chi connectivity index (χ2v) is 10.9. The lowest BCUT2D eigenvalue weighted by molar-refractivity contribution is -0.118. The molecule has 0 spiro atoms. The van der Waals surface area contributed by atoms with Gasteiger partial charge >= 0.3 is 0 Å². The highest BCUT2D eigenvalue weighted by Gasteiger charge is 2.50. The number of carbonyl (C=O) groups excluding carboxylic acids is 2. The molecule has 42 heavy (non-hydrogen) atoms. The number of aromatic nitrogens is 1. The number of amides is 2. The van der Waals surface area contributed by atoms with E-state index in [1.165, 1.54) is 28.7 Å². The van der Waals surface area contributed by atoms with Crippen molar-refractivity contribution in [3.63, 3.8) is 0 Å². The summed E-state index contributed by atoms with van der Waals surface area (Å²) in [6.45, 7) is 2.73. The van der Waals surface area contributed by atoms with Crippen molar-refractivity contribution in [2.75, 3.05) is 20.8 Å². The fraction of sp³-hybridized carbons (Fsp3) is 0.310. The van der Waals surface area contributed by atoms with Gasteiger partial charge < -0.3 is 0 Å². The van der Waals surface area contributed by atoms with E-state index in [2.05, 4.69) is 17.2 Å². The van der Waals surface area contributed by atoms with Crippen LogP contribution in [0.2, 0.25) is 0 Å². The van der Waals surface area contributed by atoms with E-state index < -0.39 is 23.7 Å². The van der Waals surface area contributed by atoms with Gasteiger partial charge in [-0.2, -0.15) is 5.26 Å². The van der Waals surface area contributed by atoms with Gasteiger partial charge in [-0.15, -0.1) is 4.91 Å². The van der Waals surface area contributed by atoms with E-state index in [0.717, 1.165) is 42.3 Å². The first-order valence-corrected chi connectivity index (χ1v) is 14.0. The number of pyridine rings is 1. The van der Waals surface area contributed by atoms with E-state index in [0.29, 0.717) is 29.2 Å². The van der Waals surface area contributed by atoms with E-state index in [1.54, 1.807) is 41.3 Å². The van der Waals surface area contributed by atoms with Crippen molar-refractivity contribution in [3.8, 4) is 6.07 Å². The number of para-hydroxylation sites is 1. The third-order valence-electron chi connectivity index (χ3n) is 6.65. The smallest absolute Gasteiger partial charge is 0.266 e. The van der Waals surface area contributed by atoms with Crippen LogP contribution in [0.5, 0.6) is 0 Å². The normalized spacial score (nSPS) is 16.8. The monoisotopic (exact) mass is 596 g/mol. The summed E-state index contributed by atoms with van der Waals surface area (Å²) in [6, 6.07) is 16.3. The molecule has 13 heteroatoms. The molecular formula is C29H27F3N6O3S. The molecule has 3 aromatic rings. The number of halogens is 3. The number of nitriles is 1. The van der Waals surface area contributed by atoms with Crippen LogP contribution in [0.3, 0.4) is 0 Å². The lowest BCUT2D eigenvalue weighted by Crippen LogP contribution is -2.41. The fourth-order valence-electron chi connectivity index (χ4n) is 4.48. The molecule has 2 aliphatic rings. The number of unbranched alkanes of at least 4 members (excludes halogenated alkanes) is 1. The van der Waals surface area contributed by atoms with Crippen molar-refractivity contribution in [2.24, 2.45) is 5.29 Å². The maximum atomic E-state index is 13.6. The van der Waals surface area contributed by atoms with Crippen LogP contribution in [0, 0.1) is 22.1 Å². The lowest BCUT2D eigenvalue weighted by Gasteiger charge is -2.36.